The largest absolute Gasteiger partial charge is 0.507 e. The van der Waals surface area contributed by atoms with E-state index in [2.05, 4.69) is 5.10 Å². The van der Waals surface area contributed by atoms with E-state index in [9.17, 15) is 13.2 Å². The maximum atomic E-state index is 12.1. The van der Waals surface area contributed by atoms with Crippen molar-refractivity contribution in [2.75, 3.05) is 0 Å². The lowest BCUT2D eigenvalue weighted by Gasteiger charge is -2.01. The summed E-state index contributed by atoms with van der Waals surface area (Å²) in [6, 6.07) is 0.619. The molecule has 14 heavy (non-hydrogen) atoms. The summed E-state index contributed by atoms with van der Waals surface area (Å²) < 4.78 is 37.3. The van der Waals surface area contributed by atoms with Gasteiger partial charge in [-0.25, -0.2) is 0 Å². The third-order valence-corrected chi connectivity index (χ3v) is 1.67. The fourth-order valence-electron chi connectivity index (χ4n) is 1.03. The number of hydrogen-bond donors (Lipinski definition) is 2. The molecular formula is C6H8BF3N2O2. The first kappa shape index (κ1) is 11.1. The highest BCUT2D eigenvalue weighted by molar-refractivity contribution is 6.57. The van der Waals surface area contributed by atoms with Gasteiger partial charge >= 0.3 is 13.3 Å². The van der Waals surface area contributed by atoms with Crippen molar-refractivity contribution in [2.45, 2.75) is 19.6 Å². The molecule has 0 aromatic carbocycles. The van der Waals surface area contributed by atoms with Crippen molar-refractivity contribution >= 4 is 12.7 Å². The van der Waals surface area contributed by atoms with Crippen molar-refractivity contribution in [1.82, 2.24) is 9.78 Å². The molecule has 0 saturated carbocycles. The van der Waals surface area contributed by atoms with Gasteiger partial charge in [-0.2, -0.15) is 18.3 Å². The molecule has 0 spiro atoms. The average Bonchev–Trinajstić information content (AvgIpc) is 2.45. The molecule has 1 aromatic rings. The molecule has 0 unspecified atom stereocenters. The molecule has 2 N–H and O–H groups in total. The summed E-state index contributed by atoms with van der Waals surface area (Å²) in [7, 11) is -1.95. The van der Waals surface area contributed by atoms with Crippen LogP contribution >= 0.6 is 0 Å². The summed E-state index contributed by atoms with van der Waals surface area (Å²) in [5.41, 5.74) is -1.39. The Labute approximate surface area is 78.1 Å². The summed E-state index contributed by atoms with van der Waals surface area (Å²) >= 11 is 0. The number of aryl methyl sites for hydroxylation is 1. The minimum absolute atomic E-state index is 0.142. The van der Waals surface area contributed by atoms with Crippen molar-refractivity contribution in [2.24, 2.45) is 0 Å². The molecule has 1 rings (SSSR count). The lowest BCUT2D eigenvalue weighted by molar-refractivity contribution is -0.141. The molecule has 1 aromatic heterocycles. The molecule has 8 heteroatoms. The Morgan fingerprint density at radius 2 is 2.07 bits per heavy atom. The maximum absolute atomic E-state index is 12.1. The van der Waals surface area contributed by atoms with Gasteiger partial charge in [-0.15, -0.1) is 0 Å². The van der Waals surface area contributed by atoms with Crippen LogP contribution in [0.25, 0.3) is 0 Å². The summed E-state index contributed by atoms with van der Waals surface area (Å²) in [5.74, 6) is 0. The van der Waals surface area contributed by atoms with Crippen LogP contribution in [0, 0.1) is 0 Å². The molecule has 0 amide bonds. The van der Waals surface area contributed by atoms with E-state index in [1.807, 2.05) is 0 Å². The molecule has 78 valence electrons. The van der Waals surface area contributed by atoms with Gasteiger partial charge in [-0.1, -0.05) is 0 Å². The van der Waals surface area contributed by atoms with E-state index in [4.69, 9.17) is 10.0 Å². The Morgan fingerprint density at radius 1 is 1.50 bits per heavy atom. The average molecular weight is 208 g/mol. The summed E-state index contributed by atoms with van der Waals surface area (Å²) in [5, 5.41) is 20.7. The minimum Gasteiger partial charge on any atom is -0.422 e. The van der Waals surface area contributed by atoms with Crippen molar-refractivity contribution in [3.63, 3.8) is 0 Å². The van der Waals surface area contributed by atoms with Crippen molar-refractivity contribution in [3.8, 4) is 0 Å². The number of alkyl halides is 3. The number of rotatable bonds is 2. The smallest absolute Gasteiger partial charge is 0.422 e. The van der Waals surface area contributed by atoms with Gasteiger partial charge in [0.2, 0.25) is 0 Å². The fourth-order valence-corrected chi connectivity index (χ4v) is 1.03. The third kappa shape index (κ3) is 2.07. The molecule has 1 heterocycles. The van der Waals surface area contributed by atoms with E-state index < -0.39 is 19.0 Å². The van der Waals surface area contributed by atoms with Crippen LogP contribution in [0.15, 0.2) is 6.07 Å². The lowest BCUT2D eigenvalue weighted by atomic mass is 9.86. The summed E-state index contributed by atoms with van der Waals surface area (Å²) in [4.78, 5) is 0. The topological polar surface area (TPSA) is 58.3 Å². The van der Waals surface area contributed by atoms with Gasteiger partial charge in [-0.05, 0) is 13.0 Å². The summed E-state index contributed by atoms with van der Waals surface area (Å²) in [6.45, 7) is 1.70. The van der Waals surface area contributed by atoms with E-state index >= 15 is 0 Å². The minimum atomic E-state index is -4.57. The standard InChI is InChI=1S/C6H8BF3N2O2/c1-2-12-5(7(13)14)3-4(11-12)6(8,9)10/h3,13-14H,2H2,1H3. The van der Waals surface area contributed by atoms with Crippen LogP contribution in [0.2, 0.25) is 0 Å². The van der Waals surface area contributed by atoms with Gasteiger partial charge < -0.3 is 10.0 Å². The van der Waals surface area contributed by atoms with Gasteiger partial charge in [0, 0.05) is 6.54 Å². The van der Waals surface area contributed by atoms with Gasteiger partial charge in [-0.3, -0.25) is 4.68 Å². The number of aromatic nitrogens is 2. The van der Waals surface area contributed by atoms with Crippen LogP contribution in [0.1, 0.15) is 12.6 Å². The zero-order chi connectivity index (χ0) is 10.9. The van der Waals surface area contributed by atoms with Gasteiger partial charge in [0.15, 0.2) is 5.69 Å². The van der Waals surface area contributed by atoms with Crippen molar-refractivity contribution in [3.05, 3.63) is 11.8 Å². The van der Waals surface area contributed by atoms with Crippen LogP contribution in [0.4, 0.5) is 13.2 Å². The van der Waals surface area contributed by atoms with E-state index in [0.29, 0.717) is 6.07 Å². The third-order valence-electron chi connectivity index (χ3n) is 1.67. The van der Waals surface area contributed by atoms with E-state index in [-0.39, 0.29) is 12.1 Å². The highest BCUT2D eigenvalue weighted by Gasteiger charge is 2.36. The molecule has 0 aliphatic rings. The van der Waals surface area contributed by atoms with Crippen LogP contribution in [0.5, 0.6) is 0 Å². The van der Waals surface area contributed by atoms with E-state index in [1.165, 1.54) is 0 Å². The Hall–Kier alpha value is -1.02. The Bertz CT molecular complexity index is 323. The molecular weight excluding hydrogens is 200 g/mol. The zero-order valence-corrected chi connectivity index (χ0v) is 7.28. The quantitative estimate of drug-likeness (QED) is 0.650. The maximum Gasteiger partial charge on any atom is 0.507 e. The summed E-state index contributed by atoms with van der Waals surface area (Å²) in [6.07, 6.45) is -4.57. The molecule has 0 atom stereocenters. The Balaban J connectivity index is 3.13. The van der Waals surface area contributed by atoms with Gasteiger partial charge in [0.05, 0.1) is 5.59 Å². The molecule has 0 saturated heterocycles. The first-order chi connectivity index (χ1) is 6.36. The molecule has 0 radical (unpaired) electrons. The monoisotopic (exact) mass is 208 g/mol. The van der Waals surface area contributed by atoms with Crippen molar-refractivity contribution < 1.29 is 23.2 Å². The van der Waals surface area contributed by atoms with E-state index in [0.717, 1.165) is 4.68 Å². The lowest BCUT2D eigenvalue weighted by Crippen LogP contribution is -2.36. The van der Waals surface area contributed by atoms with Crippen LogP contribution in [-0.2, 0) is 12.7 Å². The Kier molecular flexibility index (Phi) is 2.86. The second-order valence-corrected chi connectivity index (χ2v) is 2.64. The van der Waals surface area contributed by atoms with E-state index in [1.54, 1.807) is 6.92 Å². The van der Waals surface area contributed by atoms with Crippen LogP contribution in [-0.4, -0.2) is 26.9 Å². The molecule has 4 nitrogen and oxygen atoms in total. The number of hydrogen-bond acceptors (Lipinski definition) is 3. The van der Waals surface area contributed by atoms with Gasteiger partial charge in [0.25, 0.3) is 0 Å². The second-order valence-electron chi connectivity index (χ2n) is 2.64. The number of halogens is 3. The molecule has 0 fully saturated rings. The van der Waals surface area contributed by atoms with Crippen molar-refractivity contribution in [1.29, 1.82) is 0 Å². The fraction of sp³-hybridized carbons (Fsp3) is 0.500. The van der Waals surface area contributed by atoms with Crippen LogP contribution in [0.3, 0.4) is 0 Å². The predicted molar refractivity (Wildman–Crippen MR) is 42.7 cm³/mol. The molecule has 0 aliphatic heterocycles. The normalized spacial score (nSPS) is 11.9. The molecule has 0 bridgehead atoms. The van der Waals surface area contributed by atoms with Gasteiger partial charge in [0.1, 0.15) is 0 Å². The Morgan fingerprint density at radius 3 is 2.36 bits per heavy atom. The first-order valence-corrected chi connectivity index (χ1v) is 3.87. The first-order valence-electron chi connectivity index (χ1n) is 3.87. The highest BCUT2D eigenvalue weighted by Crippen LogP contribution is 2.26. The van der Waals surface area contributed by atoms with Crippen LogP contribution < -0.4 is 5.59 Å². The second kappa shape index (κ2) is 3.62. The highest BCUT2D eigenvalue weighted by atomic mass is 19.4. The molecule has 0 aliphatic carbocycles. The predicted octanol–water partition coefficient (Wildman–Crippen LogP) is -0.398. The number of nitrogens with zero attached hydrogens (tertiary/aromatic N) is 2. The SMILES string of the molecule is CCn1nc(C(F)(F)F)cc1B(O)O. The zero-order valence-electron chi connectivity index (χ0n) is 7.28.